The third-order valence-electron chi connectivity index (χ3n) is 4.81. The molecule has 3 aromatic rings. The molecule has 0 unspecified atom stereocenters. The van der Waals surface area contributed by atoms with E-state index in [1.807, 2.05) is 42.3 Å². The summed E-state index contributed by atoms with van der Waals surface area (Å²) < 4.78 is 10.2. The van der Waals surface area contributed by atoms with E-state index in [0.29, 0.717) is 35.2 Å². The minimum Gasteiger partial charge on any atom is -0.507 e. The third-order valence-corrected chi connectivity index (χ3v) is 4.81. The summed E-state index contributed by atoms with van der Waals surface area (Å²) in [6.07, 6.45) is -0.148. The van der Waals surface area contributed by atoms with Gasteiger partial charge < -0.3 is 14.3 Å². The summed E-state index contributed by atoms with van der Waals surface area (Å²) >= 11 is 0. The number of methoxy groups -OCH3 is 1. The van der Waals surface area contributed by atoms with Gasteiger partial charge in [-0.15, -0.1) is 0 Å². The van der Waals surface area contributed by atoms with Crippen molar-refractivity contribution in [1.82, 2.24) is 4.90 Å². The second-order valence-corrected chi connectivity index (χ2v) is 6.84. The normalized spacial score (nSPS) is 11.1. The Morgan fingerprint density at radius 1 is 1.11 bits per heavy atom. The highest BCUT2D eigenvalue weighted by Gasteiger charge is 2.19. The van der Waals surface area contributed by atoms with Gasteiger partial charge in [0.1, 0.15) is 11.3 Å². The highest BCUT2D eigenvalue weighted by Crippen LogP contribution is 2.30. The van der Waals surface area contributed by atoms with Gasteiger partial charge >= 0.3 is 11.6 Å². The lowest BCUT2D eigenvalue weighted by molar-refractivity contribution is -0.139. The molecule has 0 aliphatic carbocycles. The predicted molar refractivity (Wildman–Crippen MR) is 106 cm³/mol. The molecule has 0 bridgehead atoms. The van der Waals surface area contributed by atoms with Crippen molar-refractivity contribution in [1.29, 1.82) is 0 Å². The second-order valence-electron chi connectivity index (χ2n) is 6.84. The number of carbonyl (C=O) groups excluding carboxylic acids is 1. The van der Waals surface area contributed by atoms with Crippen molar-refractivity contribution in [3.8, 4) is 5.75 Å². The lowest BCUT2D eigenvalue weighted by Crippen LogP contribution is -2.19. The zero-order valence-corrected chi connectivity index (χ0v) is 16.2. The van der Waals surface area contributed by atoms with Crippen LogP contribution in [0.25, 0.3) is 11.0 Å². The van der Waals surface area contributed by atoms with Gasteiger partial charge in [-0.2, -0.15) is 0 Å². The van der Waals surface area contributed by atoms with E-state index >= 15 is 0 Å². The van der Waals surface area contributed by atoms with E-state index in [4.69, 9.17) is 4.42 Å². The maximum atomic E-state index is 12.5. The third kappa shape index (κ3) is 4.07. The number of rotatable bonds is 6. The molecular formula is C22H23NO5. The lowest BCUT2D eigenvalue weighted by Gasteiger charge is -2.19. The molecule has 0 atom stereocenters. The number of phenols is 1. The first kappa shape index (κ1) is 19.6. The molecule has 0 radical (unpaired) electrons. The Hall–Kier alpha value is -3.12. The monoisotopic (exact) mass is 381 g/mol. The highest BCUT2D eigenvalue weighted by atomic mass is 16.5. The quantitative estimate of drug-likeness (QED) is 0.522. The van der Waals surface area contributed by atoms with Crippen LogP contribution in [0.15, 0.2) is 51.7 Å². The minimum atomic E-state index is -0.590. The van der Waals surface area contributed by atoms with Crippen LogP contribution < -0.4 is 5.63 Å². The van der Waals surface area contributed by atoms with E-state index in [-0.39, 0.29) is 17.7 Å². The summed E-state index contributed by atoms with van der Waals surface area (Å²) in [5, 5.41) is 11.1. The van der Waals surface area contributed by atoms with Gasteiger partial charge in [0.05, 0.1) is 24.7 Å². The largest absolute Gasteiger partial charge is 0.507 e. The number of hydrogen-bond acceptors (Lipinski definition) is 6. The Morgan fingerprint density at radius 3 is 2.50 bits per heavy atom. The zero-order valence-electron chi connectivity index (χ0n) is 16.2. The maximum Gasteiger partial charge on any atom is 0.340 e. The number of aryl methyl sites for hydroxylation is 1. The van der Waals surface area contributed by atoms with Gasteiger partial charge in [-0.25, -0.2) is 4.79 Å². The summed E-state index contributed by atoms with van der Waals surface area (Å²) in [5.74, 6) is -0.438. The summed E-state index contributed by atoms with van der Waals surface area (Å²) in [4.78, 5) is 26.1. The minimum absolute atomic E-state index is 0.0654. The van der Waals surface area contributed by atoms with E-state index in [2.05, 4.69) is 4.74 Å². The van der Waals surface area contributed by atoms with E-state index in [1.165, 1.54) is 7.11 Å². The van der Waals surface area contributed by atoms with Crippen molar-refractivity contribution in [2.45, 2.75) is 26.4 Å². The van der Waals surface area contributed by atoms with Crippen LogP contribution in [0.5, 0.6) is 5.75 Å². The van der Waals surface area contributed by atoms with Crippen LogP contribution >= 0.6 is 0 Å². The fourth-order valence-corrected chi connectivity index (χ4v) is 3.29. The second kappa shape index (κ2) is 8.27. The number of fused-ring (bicyclic) bond motifs is 1. The molecule has 1 heterocycles. The van der Waals surface area contributed by atoms with Crippen molar-refractivity contribution >= 4 is 16.9 Å². The van der Waals surface area contributed by atoms with Gasteiger partial charge in [0, 0.05) is 18.5 Å². The molecule has 0 spiro atoms. The van der Waals surface area contributed by atoms with Crippen LogP contribution in [0, 0.1) is 6.92 Å². The molecule has 0 aliphatic rings. The molecule has 1 aromatic heterocycles. The smallest absolute Gasteiger partial charge is 0.340 e. The summed E-state index contributed by atoms with van der Waals surface area (Å²) in [7, 11) is 3.21. The molecule has 3 rings (SSSR count). The van der Waals surface area contributed by atoms with Crippen LogP contribution in [-0.2, 0) is 29.0 Å². The fraction of sp³-hybridized carbons (Fsp3) is 0.273. The Morgan fingerprint density at radius 2 is 1.82 bits per heavy atom. The van der Waals surface area contributed by atoms with Crippen LogP contribution in [-0.4, -0.2) is 30.1 Å². The van der Waals surface area contributed by atoms with Crippen molar-refractivity contribution < 1.29 is 19.1 Å². The standard InChI is InChI=1S/C22H23NO5/c1-14-16-9-10-19(24)18(13-23(2)12-15-7-5-4-6-8-15)21(16)28-22(26)17(14)11-20(25)27-3/h4-10,24H,11-13H2,1-3H3. The van der Waals surface area contributed by atoms with Gasteiger partial charge in [-0.1, -0.05) is 30.3 Å². The van der Waals surface area contributed by atoms with Crippen molar-refractivity contribution in [3.05, 3.63) is 75.1 Å². The van der Waals surface area contributed by atoms with Crippen LogP contribution in [0.1, 0.15) is 22.3 Å². The number of hydrogen-bond donors (Lipinski definition) is 1. The summed E-state index contributed by atoms with van der Waals surface area (Å²) in [6.45, 7) is 2.85. The van der Waals surface area contributed by atoms with Gasteiger partial charge in [-0.05, 0) is 37.2 Å². The van der Waals surface area contributed by atoms with Crippen molar-refractivity contribution in [3.63, 3.8) is 0 Å². The zero-order chi connectivity index (χ0) is 20.3. The molecule has 1 N–H and O–H groups in total. The number of ether oxygens (including phenoxy) is 1. The van der Waals surface area contributed by atoms with Crippen molar-refractivity contribution in [2.24, 2.45) is 0 Å². The van der Waals surface area contributed by atoms with Gasteiger partial charge in [-0.3, -0.25) is 9.69 Å². The highest BCUT2D eigenvalue weighted by molar-refractivity contribution is 5.87. The Bertz CT molecular complexity index is 1060. The van der Waals surface area contributed by atoms with E-state index < -0.39 is 11.6 Å². The summed E-state index contributed by atoms with van der Waals surface area (Å²) in [6, 6.07) is 13.3. The molecule has 6 heteroatoms. The number of aromatic hydroxyl groups is 1. The Kier molecular flexibility index (Phi) is 5.80. The first-order valence-electron chi connectivity index (χ1n) is 8.97. The topological polar surface area (TPSA) is 80.0 Å². The SMILES string of the molecule is COC(=O)Cc1c(C)c2ccc(O)c(CN(C)Cc3ccccc3)c2oc1=O. The maximum absolute atomic E-state index is 12.5. The molecule has 2 aromatic carbocycles. The van der Waals surface area contributed by atoms with Crippen LogP contribution in [0.4, 0.5) is 0 Å². The lowest BCUT2D eigenvalue weighted by atomic mass is 10.0. The average Bonchev–Trinajstić information content (AvgIpc) is 2.68. The number of nitrogens with zero attached hydrogens (tertiary/aromatic N) is 1. The number of phenolic OH excluding ortho intramolecular Hbond substituents is 1. The molecular weight excluding hydrogens is 358 g/mol. The molecule has 0 amide bonds. The van der Waals surface area contributed by atoms with Crippen LogP contribution in [0.3, 0.4) is 0 Å². The first-order valence-corrected chi connectivity index (χ1v) is 8.97. The average molecular weight is 381 g/mol. The summed E-state index contributed by atoms with van der Waals surface area (Å²) in [5.41, 5.74) is 2.37. The molecule has 0 saturated carbocycles. The Labute approximate surface area is 163 Å². The van der Waals surface area contributed by atoms with Gasteiger partial charge in [0.25, 0.3) is 0 Å². The number of carbonyl (C=O) groups is 1. The van der Waals surface area contributed by atoms with Crippen LogP contribution in [0.2, 0.25) is 0 Å². The van der Waals surface area contributed by atoms with Gasteiger partial charge in [0.2, 0.25) is 0 Å². The molecule has 0 fully saturated rings. The Balaban J connectivity index is 1.99. The molecule has 146 valence electrons. The molecule has 6 nitrogen and oxygen atoms in total. The van der Waals surface area contributed by atoms with Gasteiger partial charge in [0.15, 0.2) is 0 Å². The number of esters is 1. The first-order chi connectivity index (χ1) is 13.4. The molecule has 0 aliphatic heterocycles. The molecule has 0 saturated heterocycles. The van der Waals surface area contributed by atoms with Crippen molar-refractivity contribution in [2.75, 3.05) is 14.2 Å². The van der Waals surface area contributed by atoms with E-state index in [0.717, 1.165) is 5.56 Å². The molecule has 28 heavy (non-hydrogen) atoms. The van der Waals surface area contributed by atoms with E-state index in [1.54, 1.807) is 19.1 Å². The number of benzene rings is 2. The van der Waals surface area contributed by atoms with E-state index in [9.17, 15) is 14.7 Å². The fourth-order valence-electron chi connectivity index (χ4n) is 3.29. The predicted octanol–water partition coefficient (Wildman–Crippen LogP) is 3.15.